The molecule has 0 radical (unpaired) electrons. The Morgan fingerprint density at radius 2 is 1.91 bits per heavy atom. The van der Waals surface area contributed by atoms with Crippen molar-refractivity contribution in [2.75, 3.05) is 16.5 Å². The van der Waals surface area contributed by atoms with Crippen LogP contribution in [0.15, 0.2) is 84.4 Å². The van der Waals surface area contributed by atoms with Gasteiger partial charge in [-0.15, -0.1) is 0 Å². The molecule has 1 aromatic heterocycles. The van der Waals surface area contributed by atoms with E-state index in [1.807, 2.05) is 61.5 Å². The summed E-state index contributed by atoms with van der Waals surface area (Å²) in [7, 11) is 0. The van der Waals surface area contributed by atoms with Gasteiger partial charge in [0.2, 0.25) is 5.88 Å². The van der Waals surface area contributed by atoms with Gasteiger partial charge in [0.15, 0.2) is 0 Å². The number of aliphatic hydroxyl groups excluding tert-OH is 1. The zero-order valence-corrected chi connectivity index (χ0v) is 18.9. The fraction of sp³-hybridized carbons (Fsp3) is 0.200. The summed E-state index contributed by atoms with van der Waals surface area (Å²) in [5, 5.41) is 16.5. The summed E-state index contributed by atoms with van der Waals surface area (Å²) in [6.45, 7) is 2.77. The second-order valence-corrected chi connectivity index (χ2v) is 8.71. The molecule has 8 heteroatoms. The van der Waals surface area contributed by atoms with Crippen molar-refractivity contribution in [3.05, 3.63) is 101 Å². The minimum atomic E-state index is -0.714. The molecule has 3 heterocycles. The fourth-order valence-corrected chi connectivity index (χ4v) is 4.58. The molecule has 1 unspecified atom stereocenters. The molecule has 3 N–H and O–H groups in total. The standard InChI is InChI=1S/C25H24ClN5O2/c1-25-20-8-5-14-27-22(20)30(24(33)28-16-17-9-11-18(26)12-10-17)15-13-21(25)23(32)31(29-25)19-6-3-2-4-7-19/h2-12,14,29,32H,13,15-16H2,1H3,(H,28,33). The van der Waals surface area contributed by atoms with E-state index in [1.165, 1.54) is 0 Å². The van der Waals surface area contributed by atoms with Gasteiger partial charge in [-0.1, -0.05) is 48.0 Å². The molecule has 5 rings (SSSR count). The Hall–Kier alpha value is -3.55. The maximum Gasteiger partial charge on any atom is 0.323 e. The Bertz CT molecular complexity index is 1210. The molecule has 0 fully saturated rings. The summed E-state index contributed by atoms with van der Waals surface area (Å²) in [4.78, 5) is 19.4. The summed E-state index contributed by atoms with van der Waals surface area (Å²) < 4.78 is 0. The number of para-hydroxylation sites is 1. The van der Waals surface area contributed by atoms with Gasteiger partial charge in [-0.2, -0.15) is 0 Å². The van der Waals surface area contributed by atoms with Crippen molar-refractivity contribution in [2.24, 2.45) is 0 Å². The van der Waals surface area contributed by atoms with Gasteiger partial charge in [0.25, 0.3) is 0 Å². The second-order valence-electron chi connectivity index (χ2n) is 8.27. The van der Waals surface area contributed by atoms with E-state index in [4.69, 9.17) is 11.6 Å². The minimum absolute atomic E-state index is 0.155. The van der Waals surface area contributed by atoms with Crippen LogP contribution in [0.5, 0.6) is 0 Å². The molecule has 0 saturated carbocycles. The quantitative estimate of drug-likeness (QED) is 0.518. The van der Waals surface area contributed by atoms with Crippen LogP contribution in [0.2, 0.25) is 5.02 Å². The smallest absolute Gasteiger partial charge is 0.323 e. The zero-order chi connectivity index (χ0) is 23.0. The molecule has 0 saturated heterocycles. The number of aliphatic hydroxyl groups is 1. The summed E-state index contributed by atoms with van der Waals surface area (Å²) in [6, 6.07) is 20.6. The molecule has 0 bridgehead atoms. The number of fused-ring (bicyclic) bond motifs is 3. The average Bonchev–Trinajstić information content (AvgIpc) is 3.02. The van der Waals surface area contributed by atoms with E-state index in [1.54, 1.807) is 28.2 Å². The molecule has 2 aromatic carbocycles. The van der Waals surface area contributed by atoms with E-state index in [2.05, 4.69) is 15.7 Å². The molecule has 2 aliphatic heterocycles. The topological polar surface area (TPSA) is 80.7 Å². The van der Waals surface area contributed by atoms with Gasteiger partial charge in [0.05, 0.1) is 11.2 Å². The normalized spacial score (nSPS) is 19.7. The van der Waals surface area contributed by atoms with E-state index < -0.39 is 5.54 Å². The Kier molecular flexibility index (Phi) is 5.44. The predicted octanol–water partition coefficient (Wildman–Crippen LogP) is 4.86. The van der Waals surface area contributed by atoms with Crippen LogP contribution in [0.4, 0.5) is 16.3 Å². The fourth-order valence-electron chi connectivity index (χ4n) is 4.46. The van der Waals surface area contributed by atoms with Crippen molar-refractivity contribution in [3.63, 3.8) is 0 Å². The monoisotopic (exact) mass is 461 g/mol. The lowest BCUT2D eigenvalue weighted by Gasteiger charge is -2.31. The van der Waals surface area contributed by atoms with Crippen molar-refractivity contribution < 1.29 is 9.90 Å². The van der Waals surface area contributed by atoms with Crippen LogP contribution >= 0.6 is 11.6 Å². The van der Waals surface area contributed by atoms with Crippen molar-refractivity contribution in [1.29, 1.82) is 0 Å². The number of amides is 2. The SMILES string of the molecule is CC12NN(c3ccccc3)C(O)=C1CCN(C(=O)NCc1ccc(Cl)cc1)c1ncccc12. The first kappa shape index (κ1) is 21.3. The number of rotatable bonds is 3. The Morgan fingerprint density at radius 3 is 2.67 bits per heavy atom. The molecule has 0 spiro atoms. The van der Waals surface area contributed by atoms with E-state index >= 15 is 0 Å². The minimum Gasteiger partial charge on any atom is -0.493 e. The van der Waals surface area contributed by atoms with Gasteiger partial charge in [0.1, 0.15) is 5.82 Å². The van der Waals surface area contributed by atoms with Crippen molar-refractivity contribution >= 4 is 29.1 Å². The third-order valence-electron chi connectivity index (χ3n) is 6.20. The summed E-state index contributed by atoms with van der Waals surface area (Å²) in [5.74, 6) is 0.723. The Morgan fingerprint density at radius 1 is 1.15 bits per heavy atom. The van der Waals surface area contributed by atoms with Crippen LogP contribution in [0.1, 0.15) is 24.5 Å². The number of pyridine rings is 1. The highest BCUT2D eigenvalue weighted by molar-refractivity contribution is 6.30. The third-order valence-corrected chi connectivity index (χ3v) is 6.46. The highest BCUT2D eigenvalue weighted by Gasteiger charge is 2.47. The number of hydrazine groups is 1. The molecule has 2 amide bonds. The lowest BCUT2D eigenvalue weighted by Crippen LogP contribution is -2.45. The molecule has 2 aliphatic rings. The van der Waals surface area contributed by atoms with Crippen LogP contribution < -0.4 is 20.7 Å². The van der Waals surface area contributed by atoms with E-state index in [-0.39, 0.29) is 11.9 Å². The first-order valence-corrected chi connectivity index (χ1v) is 11.2. The van der Waals surface area contributed by atoms with Crippen LogP contribution in [-0.4, -0.2) is 22.7 Å². The number of aromatic nitrogens is 1. The first-order valence-electron chi connectivity index (χ1n) is 10.8. The van der Waals surface area contributed by atoms with E-state index in [0.29, 0.717) is 30.4 Å². The molecular formula is C25H24ClN5O2. The molecule has 1 atom stereocenters. The zero-order valence-electron chi connectivity index (χ0n) is 18.1. The van der Waals surface area contributed by atoms with Gasteiger partial charge >= 0.3 is 6.03 Å². The lowest BCUT2D eigenvalue weighted by atomic mass is 9.85. The maximum absolute atomic E-state index is 13.2. The number of halogens is 1. The van der Waals surface area contributed by atoms with Gasteiger partial charge in [-0.25, -0.2) is 20.2 Å². The number of anilines is 2. The first-order chi connectivity index (χ1) is 16.0. The Labute approximate surface area is 197 Å². The van der Waals surface area contributed by atoms with E-state index in [9.17, 15) is 9.90 Å². The highest BCUT2D eigenvalue weighted by Crippen LogP contribution is 2.45. The van der Waals surface area contributed by atoms with Gasteiger partial charge in [0, 0.05) is 35.4 Å². The van der Waals surface area contributed by atoms with Crippen LogP contribution in [0.25, 0.3) is 0 Å². The van der Waals surface area contributed by atoms with Crippen molar-refractivity contribution in [3.8, 4) is 0 Å². The number of carbonyl (C=O) groups excluding carboxylic acids is 1. The Balaban J connectivity index is 1.45. The third kappa shape index (κ3) is 3.79. The average molecular weight is 462 g/mol. The second kappa shape index (κ2) is 8.42. The van der Waals surface area contributed by atoms with Crippen molar-refractivity contribution in [1.82, 2.24) is 15.7 Å². The largest absolute Gasteiger partial charge is 0.493 e. The molecule has 168 valence electrons. The molecule has 0 aliphatic carbocycles. The van der Waals surface area contributed by atoms with Crippen LogP contribution in [0, 0.1) is 0 Å². The molecule has 7 nitrogen and oxygen atoms in total. The number of urea groups is 1. The predicted molar refractivity (Wildman–Crippen MR) is 129 cm³/mol. The number of carbonyl (C=O) groups is 1. The number of nitrogens with one attached hydrogen (secondary N) is 2. The van der Waals surface area contributed by atoms with E-state index in [0.717, 1.165) is 22.4 Å². The van der Waals surface area contributed by atoms with Gasteiger partial charge in [-0.05, 0) is 49.2 Å². The number of hydrogen-bond acceptors (Lipinski definition) is 5. The maximum atomic E-state index is 13.2. The van der Waals surface area contributed by atoms with Crippen LogP contribution in [0.3, 0.4) is 0 Å². The lowest BCUT2D eigenvalue weighted by molar-refractivity contribution is 0.246. The summed E-state index contributed by atoms with van der Waals surface area (Å²) in [5.41, 5.74) is 6.16. The number of benzene rings is 2. The number of nitrogens with zero attached hydrogens (tertiary/aromatic N) is 3. The highest BCUT2D eigenvalue weighted by atomic mass is 35.5. The summed E-state index contributed by atoms with van der Waals surface area (Å²) >= 11 is 5.95. The molecule has 3 aromatic rings. The number of hydrogen-bond donors (Lipinski definition) is 3. The molecular weight excluding hydrogens is 438 g/mol. The van der Waals surface area contributed by atoms with Gasteiger partial charge in [-0.3, -0.25) is 4.90 Å². The van der Waals surface area contributed by atoms with Gasteiger partial charge < -0.3 is 10.4 Å². The summed E-state index contributed by atoms with van der Waals surface area (Å²) in [6.07, 6.45) is 2.17. The van der Waals surface area contributed by atoms with Crippen LogP contribution in [-0.2, 0) is 12.1 Å². The van der Waals surface area contributed by atoms with Crippen molar-refractivity contribution in [2.45, 2.75) is 25.4 Å². The molecule has 33 heavy (non-hydrogen) atoms.